The number of nitrogens with one attached hydrogen (secondary N) is 1. The minimum Gasteiger partial charge on any atom is -0.389 e. The lowest BCUT2D eigenvalue weighted by molar-refractivity contribution is -0.119. The molecular weight excluding hydrogens is 318 g/mol. The van der Waals surface area contributed by atoms with Crippen LogP contribution in [-0.4, -0.2) is 49.4 Å². The third-order valence-electron chi connectivity index (χ3n) is 4.43. The largest absolute Gasteiger partial charge is 0.389 e. The van der Waals surface area contributed by atoms with E-state index in [9.17, 15) is 9.90 Å². The molecule has 0 saturated heterocycles. The highest BCUT2D eigenvalue weighted by atomic mass is 16.3. The molecule has 0 unspecified atom stereocenters. The SMILES string of the molecule is C[C@H](C(=O)Nc1cccc2c1CCN(CC(C)(C)O)C2)n1cncn1. The van der Waals surface area contributed by atoms with Crippen molar-refractivity contribution in [2.45, 2.75) is 45.4 Å². The number of fused-ring (bicyclic) bond motifs is 1. The average Bonchev–Trinajstić information content (AvgIpc) is 3.07. The molecule has 25 heavy (non-hydrogen) atoms. The van der Waals surface area contributed by atoms with E-state index in [4.69, 9.17) is 0 Å². The molecule has 0 radical (unpaired) electrons. The van der Waals surface area contributed by atoms with Crippen LogP contribution in [0.1, 0.15) is 37.9 Å². The molecule has 7 heteroatoms. The van der Waals surface area contributed by atoms with Gasteiger partial charge in [0.2, 0.25) is 5.91 Å². The number of benzene rings is 1. The number of hydrogen-bond acceptors (Lipinski definition) is 5. The van der Waals surface area contributed by atoms with Crippen LogP contribution in [0.4, 0.5) is 5.69 Å². The topological polar surface area (TPSA) is 83.3 Å². The van der Waals surface area contributed by atoms with Crippen molar-refractivity contribution in [3.05, 3.63) is 42.0 Å². The van der Waals surface area contributed by atoms with Gasteiger partial charge in [0.05, 0.1) is 5.60 Å². The first-order valence-electron chi connectivity index (χ1n) is 8.54. The number of β-amino-alcohol motifs (C(OH)–C–C–N with tert-alkyl or cyclic N) is 1. The van der Waals surface area contributed by atoms with Crippen molar-refractivity contribution in [3.63, 3.8) is 0 Å². The molecule has 0 fully saturated rings. The van der Waals surface area contributed by atoms with Gasteiger partial charge in [0.15, 0.2) is 0 Å². The third kappa shape index (κ3) is 4.24. The van der Waals surface area contributed by atoms with E-state index in [0.29, 0.717) is 6.54 Å². The zero-order valence-electron chi connectivity index (χ0n) is 14.9. The van der Waals surface area contributed by atoms with Crippen LogP contribution in [0, 0.1) is 0 Å². The van der Waals surface area contributed by atoms with Gasteiger partial charge in [0.25, 0.3) is 0 Å². The molecule has 134 valence electrons. The van der Waals surface area contributed by atoms with E-state index >= 15 is 0 Å². The highest BCUT2D eigenvalue weighted by Crippen LogP contribution is 2.27. The zero-order chi connectivity index (χ0) is 18.0. The van der Waals surface area contributed by atoms with E-state index < -0.39 is 11.6 Å². The van der Waals surface area contributed by atoms with E-state index in [0.717, 1.165) is 25.2 Å². The van der Waals surface area contributed by atoms with Crippen LogP contribution in [0.5, 0.6) is 0 Å². The standard InChI is InChI=1S/C18H25N5O2/c1-13(23-12-19-11-20-23)17(24)21-16-6-4-5-14-9-22(8-7-15(14)16)10-18(2,3)25/h4-6,11-13,25H,7-10H2,1-3H3,(H,21,24)/t13-/m1/s1. The summed E-state index contributed by atoms with van der Waals surface area (Å²) in [6, 6.07) is 5.56. The first-order valence-corrected chi connectivity index (χ1v) is 8.54. The molecule has 0 spiro atoms. The van der Waals surface area contributed by atoms with Crippen LogP contribution in [0.3, 0.4) is 0 Å². The Morgan fingerprint density at radius 2 is 2.24 bits per heavy atom. The summed E-state index contributed by atoms with van der Waals surface area (Å²) in [7, 11) is 0. The molecule has 0 aliphatic carbocycles. The lowest BCUT2D eigenvalue weighted by Gasteiger charge is -2.34. The Hall–Kier alpha value is -2.25. The lowest BCUT2D eigenvalue weighted by Crippen LogP contribution is -2.41. The van der Waals surface area contributed by atoms with Gasteiger partial charge in [0.1, 0.15) is 18.7 Å². The highest BCUT2D eigenvalue weighted by molar-refractivity contribution is 5.94. The smallest absolute Gasteiger partial charge is 0.249 e. The predicted octanol–water partition coefficient (Wildman–Crippen LogP) is 1.61. The van der Waals surface area contributed by atoms with Gasteiger partial charge in [-0.05, 0) is 44.4 Å². The second-order valence-electron chi connectivity index (χ2n) is 7.26. The number of anilines is 1. The van der Waals surface area contributed by atoms with Crippen molar-refractivity contribution in [2.75, 3.05) is 18.4 Å². The first kappa shape index (κ1) is 17.6. The summed E-state index contributed by atoms with van der Waals surface area (Å²) in [6.45, 7) is 7.72. The van der Waals surface area contributed by atoms with Gasteiger partial charge in [0, 0.05) is 25.3 Å². The van der Waals surface area contributed by atoms with Crippen molar-refractivity contribution in [1.82, 2.24) is 19.7 Å². The van der Waals surface area contributed by atoms with E-state index in [-0.39, 0.29) is 5.91 Å². The maximum absolute atomic E-state index is 12.5. The molecule has 2 heterocycles. The molecule has 0 saturated carbocycles. The maximum Gasteiger partial charge on any atom is 0.249 e. The molecule has 1 aliphatic heterocycles. The Kier molecular flexibility index (Phi) is 4.87. The molecule has 3 rings (SSSR count). The van der Waals surface area contributed by atoms with E-state index in [2.05, 4.69) is 26.4 Å². The normalized spacial score (nSPS) is 16.3. The van der Waals surface area contributed by atoms with Crippen LogP contribution >= 0.6 is 0 Å². The summed E-state index contributed by atoms with van der Waals surface area (Å²) in [4.78, 5) is 18.6. The summed E-state index contributed by atoms with van der Waals surface area (Å²) < 4.78 is 1.54. The number of rotatable bonds is 5. The van der Waals surface area contributed by atoms with Crippen LogP contribution in [0.25, 0.3) is 0 Å². The number of carbonyl (C=O) groups is 1. The van der Waals surface area contributed by atoms with Gasteiger partial charge >= 0.3 is 0 Å². The quantitative estimate of drug-likeness (QED) is 0.862. The van der Waals surface area contributed by atoms with Crippen LogP contribution < -0.4 is 5.32 Å². The van der Waals surface area contributed by atoms with Crippen LogP contribution in [-0.2, 0) is 17.8 Å². The fourth-order valence-electron chi connectivity index (χ4n) is 3.24. The monoisotopic (exact) mass is 343 g/mol. The van der Waals surface area contributed by atoms with Crippen molar-refractivity contribution < 1.29 is 9.90 Å². The van der Waals surface area contributed by atoms with Gasteiger partial charge in [-0.2, -0.15) is 5.10 Å². The first-order chi connectivity index (χ1) is 11.8. The van der Waals surface area contributed by atoms with E-state index in [1.54, 1.807) is 13.3 Å². The third-order valence-corrected chi connectivity index (χ3v) is 4.43. The molecule has 1 amide bonds. The Balaban J connectivity index is 1.73. The molecular formula is C18H25N5O2. The number of carbonyl (C=O) groups excluding carboxylic acids is 1. The minimum atomic E-state index is -0.712. The number of aliphatic hydroxyl groups is 1. The van der Waals surface area contributed by atoms with Crippen molar-refractivity contribution in [1.29, 1.82) is 0 Å². The Morgan fingerprint density at radius 1 is 1.44 bits per heavy atom. The number of aromatic nitrogens is 3. The molecule has 7 nitrogen and oxygen atoms in total. The van der Waals surface area contributed by atoms with Gasteiger partial charge in [-0.25, -0.2) is 9.67 Å². The van der Waals surface area contributed by atoms with Gasteiger partial charge in [-0.1, -0.05) is 12.1 Å². The molecule has 1 aromatic carbocycles. The minimum absolute atomic E-state index is 0.113. The highest BCUT2D eigenvalue weighted by Gasteiger charge is 2.25. The second-order valence-corrected chi connectivity index (χ2v) is 7.26. The molecule has 1 aromatic heterocycles. The van der Waals surface area contributed by atoms with Crippen molar-refractivity contribution >= 4 is 11.6 Å². The van der Waals surface area contributed by atoms with E-state index in [1.807, 2.05) is 26.0 Å². The summed E-state index contributed by atoms with van der Waals surface area (Å²) in [5.41, 5.74) is 2.52. The van der Waals surface area contributed by atoms with Crippen LogP contribution in [0.2, 0.25) is 0 Å². The maximum atomic E-state index is 12.5. The van der Waals surface area contributed by atoms with Gasteiger partial charge in [-0.3, -0.25) is 9.69 Å². The number of hydrogen-bond donors (Lipinski definition) is 2. The summed E-state index contributed by atoms with van der Waals surface area (Å²) in [6.07, 6.45) is 3.81. The Bertz CT molecular complexity index is 736. The summed E-state index contributed by atoms with van der Waals surface area (Å²) in [5.74, 6) is -0.113. The number of amides is 1. The van der Waals surface area contributed by atoms with Gasteiger partial charge < -0.3 is 10.4 Å². The molecule has 1 atom stereocenters. The van der Waals surface area contributed by atoms with Crippen molar-refractivity contribution in [2.24, 2.45) is 0 Å². The Labute approximate surface area is 147 Å². The Morgan fingerprint density at radius 3 is 2.92 bits per heavy atom. The molecule has 1 aliphatic rings. The summed E-state index contributed by atoms with van der Waals surface area (Å²) in [5, 5.41) is 17.1. The molecule has 2 N–H and O–H groups in total. The van der Waals surface area contributed by atoms with E-state index in [1.165, 1.54) is 22.1 Å². The fraction of sp³-hybridized carbons (Fsp3) is 0.500. The lowest BCUT2D eigenvalue weighted by atomic mass is 9.96. The predicted molar refractivity (Wildman–Crippen MR) is 95.1 cm³/mol. The average molecular weight is 343 g/mol. The second kappa shape index (κ2) is 6.93. The number of nitrogens with zero attached hydrogens (tertiary/aromatic N) is 4. The zero-order valence-corrected chi connectivity index (χ0v) is 14.9. The molecule has 2 aromatic rings. The molecule has 0 bridgehead atoms. The summed E-state index contributed by atoms with van der Waals surface area (Å²) >= 11 is 0. The van der Waals surface area contributed by atoms with Crippen molar-refractivity contribution in [3.8, 4) is 0 Å². The van der Waals surface area contributed by atoms with Crippen LogP contribution in [0.15, 0.2) is 30.9 Å². The van der Waals surface area contributed by atoms with Gasteiger partial charge in [-0.15, -0.1) is 0 Å². The fourth-order valence-corrected chi connectivity index (χ4v) is 3.24.